The number of nitrogens with zero attached hydrogens (tertiary/aromatic N) is 1. The summed E-state index contributed by atoms with van der Waals surface area (Å²) in [5, 5.41) is 0. The van der Waals surface area contributed by atoms with Crippen LogP contribution in [0.5, 0.6) is 11.5 Å². The number of nitrogens with one attached hydrogen (secondary N) is 1. The zero-order valence-electron chi connectivity index (χ0n) is 17.9. The Kier molecular flexibility index (Phi) is 7.49. The third-order valence-electron chi connectivity index (χ3n) is 4.68. The SMILES string of the molecule is COc1ccccc1NS(=O)(=O)c1ccc(C(=O)N(C)Cc2ccc(OC(F)F)cc2)cc1. The highest BCUT2D eigenvalue weighted by Gasteiger charge is 2.18. The molecule has 1 N–H and O–H groups in total. The molecule has 0 aromatic heterocycles. The van der Waals surface area contributed by atoms with Gasteiger partial charge < -0.3 is 14.4 Å². The molecule has 3 aromatic carbocycles. The number of carbonyl (C=O) groups excluding carboxylic acids is 1. The quantitative estimate of drug-likeness (QED) is 0.496. The molecule has 10 heteroatoms. The van der Waals surface area contributed by atoms with Gasteiger partial charge in [-0.05, 0) is 54.1 Å². The maximum absolute atomic E-state index is 12.7. The van der Waals surface area contributed by atoms with E-state index >= 15 is 0 Å². The van der Waals surface area contributed by atoms with E-state index in [0.717, 1.165) is 0 Å². The number of hydrogen-bond acceptors (Lipinski definition) is 5. The Morgan fingerprint density at radius 3 is 2.24 bits per heavy atom. The molecule has 33 heavy (non-hydrogen) atoms. The van der Waals surface area contributed by atoms with Crippen LogP contribution in [0.15, 0.2) is 77.7 Å². The summed E-state index contributed by atoms with van der Waals surface area (Å²) in [5.41, 5.74) is 1.31. The molecule has 0 radical (unpaired) electrons. The molecule has 3 rings (SSSR count). The maximum atomic E-state index is 12.7. The standard InChI is InChI=1S/C23H22F2N2O5S/c1-27(15-16-7-11-18(12-8-16)32-23(24)25)22(28)17-9-13-19(14-10-17)33(29,30)26-20-5-3-4-6-21(20)31-2/h3-14,23,26H,15H2,1-2H3. The molecule has 0 aliphatic rings. The van der Waals surface area contributed by atoms with Crippen LogP contribution in [0.3, 0.4) is 0 Å². The summed E-state index contributed by atoms with van der Waals surface area (Å²) in [6.07, 6.45) is 0. The van der Waals surface area contributed by atoms with Gasteiger partial charge in [-0.2, -0.15) is 8.78 Å². The molecule has 0 bridgehead atoms. The summed E-state index contributed by atoms with van der Waals surface area (Å²) >= 11 is 0. The minimum atomic E-state index is -3.89. The van der Waals surface area contributed by atoms with Gasteiger partial charge in [0.25, 0.3) is 15.9 Å². The van der Waals surface area contributed by atoms with Gasteiger partial charge in [0.05, 0.1) is 17.7 Å². The van der Waals surface area contributed by atoms with Crippen LogP contribution in [-0.2, 0) is 16.6 Å². The molecule has 174 valence electrons. The number of methoxy groups -OCH3 is 1. The number of hydrogen-bond donors (Lipinski definition) is 1. The van der Waals surface area contributed by atoms with E-state index in [1.807, 2.05) is 0 Å². The smallest absolute Gasteiger partial charge is 0.387 e. The van der Waals surface area contributed by atoms with Gasteiger partial charge in [0.2, 0.25) is 0 Å². The molecule has 0 fully saturated rings. The molecule has 0 spiro atoms. The molecule has 0 aliphatic heterocycles. The van der Waals surface area contributed by atoms with Crippen LogP contribution < -0.4 is 14.2 Å². The first-order valence-electron chi connectivity index (χ1n) is 9.75. The largest absolute Gasteiger partial charge is 0.495 e. The zero-order valence-corrected chi connectivity index (χ0v) is 18.7. The van der Waals surface area contributed by atoms with E-state index in [9.17, 15) is 22.0 Å². The number of anilines is 1. The first-order valence-corrected chi connectivity index (χ1v) is 11.2. The third-order valence-corrected chi connectivity index (χ3v) is 6.06. The van der Waals surface area contributed by atoms with Crippen molar-refractivity contribution in [2.75, 3.05) is 18.9 Å². The Balaban J connectivity index is 1.67. The lowest BCUT2D eigenvalue weighted by molar-refractivity contribution is -0.0498. The van der Waals surface area contributed by atoms with Gasteiger partial charge in [0.1, 0.15) is 11.5 Å². The second kappa shape index (κ2) is 10.3. The van der Waals surface area contributed by atoms with Gasteiger partial charge in [-0.3, -0.25) is 9.52 Å². The Morgan fingerprint density at radius 2 is 1.64 bits per heavy atom. The van der Waals surface area contributed by atoms with Crippen molar-refractivity contribution in [3.05, 3.63) is 83.9 Å². The molecular weight excluding hydrogens is 454 g/mol. The average molecular weight is 477 g/mol. The van der Waals surface area contributed by atoms with Crippen molar-refractivity contribution in [1.29, 1.82) is 0 Å². The number of amides is 1. The Hall–Kier alpha value is -3.66. The summed E-state index contributed by atoms with van der Waals surface area (Å²) in [6.45, 7) is -2.68. The molecule has 0 aliphatic carbocycles. The lowest BCUT2D eigenvalue weighted by Gasteiger charge is -2.18. The number of ether oxygens (including phenoxy) is 2. The number of halogens is 2. The molecule has 7 nitrogen and oxygen atoms in total. The van der Waals surface area contributed by atoms with Crippen LogP contribution in [0.2, 0.25) is 0 Å². The molecule has 0 saturated heterocycles. The van der Waals surface area contributed by atoms with E-state index in [-0.39, 0.29) is 23.1 Å². The molecule has 3 aromatic rings. The van der Waals surface area contributed by atoms with Crippen molar-refractivity contribution in [2.24, 2.45) is 0 Å². The van der Waals surface area contributed by atoms with Crippen molar-refractivity contribution >= 4 is 21.6 Å². The van der Waals surface area contributed by atoms with Gasteiger partial charge in [-0.15, -0.1) is 0 Å². The monoisotopic (exact) mass is 476 g/mol. The number of para-hydroxylation sites is 2. The lowest BCUT2D eigenvalue weighted by Crippen LogP contribution is -2.26. The Morgan fingerprint density at radius 1 is 1.00 bits per heavy atom. The van der Waals surface area contributed by atoms with Gasteiger partial charge in [0.15, 0.2) is 0 Å². The molecule has 0 unspecified atom stereocenters. The van der Waals surface area contributed by atoms with Crippen LogP contribution in [-0.4, -0.2) is 40.0 Å². The summed E-state index contributed by atoms with van der Waals surface area (Å²) in [4.78, 5) is 14.1. The third kappa shape index (κ3) is 6.19. The highest BCUT2D eigenvalue weighted by molar-refractivity contribution is 7.92. The molecule has 1 amide bonds. The predicted octanol–water partition coefficient (Wildman–Crippen LogP) is 4.37. The van der Waals surface area contributed by atoms with Crippen molar-refractivity contribution in [1.82, 2.24) is 4.90 Å². The molecule has 0 saturated carbocycles. The van der Waals surface area contributed by atoms with Gasteiger partial charge in [-0.1, -0.05) is 24.3 Å². The van der Waals surface area contributed by atoms with E-state index in [1.54, 1.807) is 43.4 Å². The number of carbonyl (C=O) groups is 1. The van der Waals surface area contributed by atoms with E-state index in [0.29, 0.717) is 22.6 Å². The van der Waals surface area contributed by atoms with Gasteiger partial charge in [-0.25, -0.2) is 8.42 Å². The van der Waals surface area contributed by atoms with E-state index in [2.05, 4.69) is 9.46 Å². The number of sulfonamides is 1. The number of alkyl halides is 2. The van der Waals surface area contributed by atoms with Crippen molar-refractivity contribution in [3.8, 4) is 11.5 Å². The lowest BCUT2D eigenvalue weighted by atomic mass is 10.1. The summed E-state index contributed by atoms with van der Waals surface area (Å²) in [6, 6.07) is 18.1. The normalized spacial score (nSPS) is 11.2. The first-order chi connectivity index (χ1) is 15.7. The van der Waals surface area contributed by atoms with Crippen LogP contribution in [0, 0.1) is 0 Å². The van der Waals surface area contributed by atoms with Crippen LogP contribution in [0.25, 0.3) is 0 Å². The topological polar surface area (TPSA) is 84.9 Å². The maximum Gasteiger partial charge on any atom is 0.387 e. The van der Waals surface area contributed by atoms with Crippen LogP contribution in [0.1, 0.15) is 15.9 Å². The fourth-order valence-corrected chi connectivity index (χ4v) is 4.12. The van der Waals surface area contributed by atoms with Crippen LogP contribution >= 0.6 is 0 Å². The van der Waals surface area contributed by atoms with Crippen molar-refractivity contribution in [3.63, 3.8) is 0 Å². The number of rotatable bonds is 9. The van der Waals surface area contributed by atoms with Crippen molar-refractivity contribution < 1.29 is 31.5 Å². The summed E-state index contributed by atoms with van der Waals surface area (Å²) < 4.78 is 61.8. The van der Waals surface area contributed by atoms with Crippen molar-refractivity contribution in [2.45, 2.75) is 18.1 Å². The molecular formula is C23H22F2N2O5S. The highest BCUT2D eigenvalue weighted by Crippen LogP contribution is 2.26. The molecule has 0 atom stereocenters. The summed E-state index contributed by atoms with van der Waals surface area (Å²) in [7, 11) is -0.867. The Bertz CT molecular complexity index is 1200. The first kappa shape index (κ1) is 24.0. The van der Waals surface area contributed by atoms with Gasteiger partial charge in [0, 0.05) is 19.2 Å². The fourth-order valence-electron chi connectivity index (χ4n) is 3.05. The minimum absolute atomic E-state index is 0.0118. The second-order valence-corrected chi connectivity index (χ2v) is 8.70. The second-order valence-electron chi connectivity index (χ2n) is 7.01. The average Bonchev–Trinajstić information content (AvgIpc) is 2.79. The Labute approximate surface area is 190 Å². The predicted molar refractivity (Wildman–Crippen MR) is 119 cm³/mol. The fraction of sp³-hybridized carbons (Fsp3) is 0.174. The van der Waals surface area contributed by atoms with Gasteiger partial charge >= 0.3 is 6.61 Å². The van der Waals surface area contributed by atoms with E-state index < -0.39 is 16.6 Å². The minimum Gasteiger partial charge on any atom is -0.495 e. The zero-order chi connectivity index (χ0) is 24.0. The highest BCUT2D eigenvalue weighted by atomic mass is 32.2. The van der Waals surface area contributed by atoms with Crippen LogP contribution in [0.4, 0.5) is 14.5 Å². The number of benzene rings is 3. The van der Waals surface area contributed by atoms with E-state index in [4.69, 9.17) is 4.74 Å². The molecule has 0 heterocycles. The summed E-state index contributed by atoms with van der Waals surface area (Å²) in [5.74, 6) is 0.0779. The van der Waals surface area contributed by atoms with E-state index in [1.165, 1.54) is 48.4 Å².